The van der Waals surface area contributed by atoms with E-state index in [4.69, 9.17) is 4.74 Å². The largest absolute Gasteiger partial charge is 0.384 e. The molecule has 0 fully saturated rings. The molecule has 0 N–H and O–H groups in total. The van der Waals surface area contributed by atoms with Crippen LogP contribution in [0, 0.1) is 6.92 Å². The SMILES string of the molecule is COCCC[N+]1=C(C)C(C)(C)c2cc(C)ccc21. The molecule has 1 aliphatic heterocycles. The van der Waals surface area contributed by atoms with Gasteiger partial charge in [0.1, 0.15) is 0 Å². The van der Waals surface area contributed by atoms with Gasteiger partial charge in [-0.05, 0) is 26.8 Å². The summed E-state index contributed by atoms with van der Waals surface area (Å²) >= 11 is 0. The zero-order valence-corrected chi connectivity index (χ0v) is 12.2. The third-order valence-corrected chi connectivity index (χ3v) is 4.16. The second-order valence-electron chi connectivity index (χ2n) is 5.73. The molecule has 0 aliphatic carbocycles. The van der Waals surface area contributed by atoms with E-state index in [1.54, 1.807) is 7.11 Å². The molecule has 2 rings (SSSR count). The highest BCUT2D eigenvalue weighted by molar-refractivity contribution is 5.93. The van der Waals surface area contributed by atoms with Crippen LogP contribution in [0.3, 0.4) is 0 Å². The van der Waals surface area contributed by atoms with Gasteiger partial charge in [0.05, 0.1) is 12.0 Å². The molecule has 0 saturated carbocycles. The number of nitrogens with zero attached hydrogens (tertiary/aromatic N) is 1. The van der Waals surface area contributed by atoms with Gasteiger partial charge >= 0.3 is 0 Å². The summed E-state index contributed by atoms with van der Waals surface area (Å²) in [4.78, 5) is 0. The molecule has 0 bridgehead atoms. The molecule has 0 spiro atoms. The van der Waals surface area contributed by atoms with Crippen molar-refractivity contribution in [1.82, 2.24) is 0 Å². The monoisotopic (exact) mass is 246 g/mol. The van der Waals surface area contributed by atoms with E-state index in [0.717, 1.165) is 19.6 Å². The van der Waals surface area contributed by atoms with Crippen LogP contribution in [0.15, 0.2) is 18.2 Å². The van der Waals surface area contributed by atoms with Gasteiger partial charge < -0.3 is 4.74 Å². The highest BCUT2D eigenvalue weighted by atomic mass is 16.5. The lowest BCUT2D eigenvalue weighted by Gasteiger charge is -2.15. The van der Waals surface area contributed by atoms with Crippen LogP contribution < -0.4 is 0 Å². The molecule has 1 heterocycles. The minimum atomic E-state index is 0.147. The first-order valence-electron chi connectivity index (χ1n) is 6.70. The summed E-state index contributed by atoms with van der Waals surface area (Å²) in [6.45, 7) is 10.9. The van der Waals surface area contributed by atoms with Gasteiger partial charge in [-0.25, -0.2) is 0 Å². The van der Waals surface area contributed by atoms with E-state index in [9.17, 15) is 0 Å². The fourth-order valence-corrected chi connectivity index (χ4v) is 2.75. The first-order chi connectivity index (χ1) is 8.48. The molecule has 0 radical (unpaired) electrons. The van der Waals surface area contributed by atoms with Crippen LogP contribution in [0.2, 0.25) is 0 Å². The van der Waals surface area contributed by atoms with Crippen molar-refractivity contribution in [3.8, 4) is 0 Å². The average Bonchev–Trinajstić information content (AvgIpc) is 2.51. The van der Waals surface area contributed by atoms with E-state index in [0.29, 0.717) is 0 Å². The maximum absolute atomic E-state index is 5.16. The molecule has 2 heteroatoms. The Kier molecular flexibility index (Phi) is 3.58. The Morgan fingerprint density at radius 2 is 1.94 bits per heavy atom. The van der Waals surface area contributed by atoms with Gasteiger partial charge in [0.25, 0.3) is 0 Å². The van der Waals surface area contributed by atoms with Crippen molar-refractivity contribution >= 4 is 11.4 Å². The van der Waals surface area contributed by atoms with Crippen LogP contribution in [0.5, 0.6) is 0 Å². The van der Waals surface area contributed by atoms with Crippen LogP contribution in [0.1, 0.15) is 38.3 Å². The topological polar surface area (TPSA) is 12.2 Å². The zero-order valence-electron chi connectivity index (χ0n) is 12.2. The summed E-state index contributed by atoms with van der Waals surface area (Å²) in [6, 6.07) is 6.79. The lowest BCUT2D eigenvalue weighted by molar-refractivity contribution is -0.440. The maximum atomic E-state index is 5.16. The average molecular weight is 246 g/mol. The van der Waals surface area contributed by atoms with Gasteiger partial charge in [0.15, 0.2) is 12.3 Å². The van der Waals surface area contributed by atoms with Gasteiger partial charge in [0, 0.05) is 32.1 Å². The van der Waals surface area contributed by atoms with Crippen molar-refractivity contribution < 1.29 is 9.31 Å². The molecule has 0 aromatic heterocycles. The first-order valence-corrected chi connectivity index (χ1v) is 6.70. The molecule has 0 saturated heterocycles. The van der Waals surface area contributed by atoms with Gasteiger partial charge in [-0.3, -0.25) is 0 Å². The van der Waals surface area contributed by atoms with E-state index < -0.39 is 0 Å². The standard InChI is InChI=1S/C16H24NO/c1-12-7-8-15-14(11-12)16(3,4)13(2)17(15)9-6-10-18-5/h7-8,11H,6,9-10H2,1-5H3/q+1. The number of aryl methyl sites for hydroxylation is 1. The molecule has 98 valence electrons. The second kappa shape index (κ2) is 4.85. The van der Waals surface area contributed by atoms with Gasteiger partial charge in [-0.1, -0.05) is 11.6 Å². The molecule has 1 aromatic rings. The first kappa shape index (κ1) is 13.3. The van der Waals surface area contributed by atoms with E-state index in [2.05, 4.69) is 50.5 Å². The van der Waals surface area contributed by atoms with Crippen molar-refractivity contribution in [2.75, 3.05) is 20.3 Å². The number of hydrogen-bond acceptors (Lipinski definition) is 1. The van der Waals surface area contributed by atoms with Crippen molar-refractivity contribution in [2.24, 2.45) is 0 Å². The Morgan fingerprint density at radius 3 is 2.61 bits per heavy atom. The lowest BCUT2D eigenvalue weighted by Crippen LogP contribution is -2.26. The van der Waals surface area contributed by atoms with E-state index >= 15 is 0 Å². The van der Waals surface area contributed by atoms with Gasteiger partial charge in [-0.2, -0.15) is 4.58 Å². The highest BCUT2D eigenvalue weighted by Gasteiger charge is 2.42. The predicted molar refractivity (Wildman–Crippen MR) is 76.2 cm³/mol. The van der Waals surface area contributed by atoms with E-state index in [-0.39, 0.29) is 5.41 Å². The minimum absolute atomic E-state index is 0.147. The van der Waals surface area contributed by atoms with Crippen LogP contribution in [0.4, 0.5) is 5.69 Å². The summed E-state index contributed by atoms with van der Waals surface area (Å²) in [6.07, 6.45) is 1.07. The van der Waals surface area contributed by atoms with Crippen LogP contribution in [-0.2, 0) is 10.2 Å². The third kappa shape index (κ3) is 2.10. The quantitative estimate of drug-likeness (QED) is 0.585. The summed E-state index contributed by atoms with van der Waals surface area (Å²) in [5.41, 5.74) is 5.76. The van der Waals surface area contributed by atoms with Crippen LogP contribution in [0.25, 0.3) is 0 Å². The van der Waals surface area contributed by atoms with Gasteiger partial charge in [0.2, 0.25) is 5.69 Å². The summed E-state index contributed by atoms with van der Waals surface area (Å²) in [5.74, 6) is 0. The third-order valence-electron chi connectivity index (χ3n) is 4.16. The molecule has 18 heavy (non-hydrogen) atoms. The number of benzene rings is 1. The Bertz CT molecular complexity index is 486. The predicted octanol–water partition coefficient (Wildman–Crippen LogP) is 3.43. The second-order valence-corrected chi connectivity index (χ2v) is 5.73. The Balaban J connectivity index is 2.38. The zero-order chi connectivity index (χ0) is 13.3. The summed E-state index contributed by atoms with van der Waals surface area (Å²) in [5, 5.41) is 0. The van der Waals surface area contributed by atoms with Crippen molar-refractivity contribution in [1.29, 1.82) is 0 Å². The number of hydrogen-bond donors (Lipinski definition) is 0. The molecule has 0 amide bonds. The number of methoxy groups -OCH3 is 1. The van der Waals surface area contributed by atoms with Crippen LogP contribution >= 0.6 is 0 Å². The summed E-state index contributed by atoms with van der Waals surface area (Å²) < 4.78 is 7.61. The molecule has 1 aromatic carbocycles. The van der Waals surface area contributed by atoms with Crippen LogP contribution in [-0.4, -0.2) is 30.5 Å². The Labute approximate surface area is 110 Å². The fraction of sp³-hybridized carbons (Fsp3) is 0.562. The summed E-state index contributed by atoms with van der Waals surface area (Å²) in [7, 11) is 1.77. The molecule has 0 atom stereocenters. The van der Waals surface area contributed by atoms with Crippen molar-refractivity contribution in [2.45, 2.75) is 39.5 Å². The number of fused-ring (bicyclic) bond motifs is 1. The van der Waals surface area contributed by atoms with Crippen molar-refractivity contribution in [3.63, 3.8) is 0 Å². The number of rotatable bonds is 4. The van der Waals surface area contributed by atoms with E-state index in [1.165, 1.54) is 22.5 Å². The Morgan fingerprint density at radius 1 is 1.22 bits per heavy atom. The number of ether oxygens (including phenoxy) is 1. The maximum Gasteiger partial charge on any atom is 0.209 e. The molecule has 0 unspecified atom stereocenters. The van der Waals surface area contributed by atoms with E-state index in [1.807, 2.05) is 0 Å². The smallest absolute Gasteiger partial charge is 0.209 e. The lowest BCUT2D eigenvalue weighted by atomic mass is 9.82. The fourth-order valence-electron chi connectivity index (χ4n) is 2.75. The molecular weight excluding hydrogens is 222 g/mol. The van der Waals surface area contributed by atoms with Crippen molar-refractivity contribution in [3.05, 3.63) is 29.3 Å². The normalized spacial score (nSPS) is 17.2. The van der Waals surface area contributed by atoms with Gasteiger partial charge in [-0.15, -0.1) is 0 Å². The minimum Gasteiger partial charge on any atom is -0.384 e. The highest BCUT2D eigenvalue weighted by Crippen LogP contribution is 2.39. The Hall–Kier alpha value is -1.15. The molecular formula is C16H24NO+. The molecule has 2 nitrogen and oxygen atoms in total. The molecule has 1 aliphatic rings.